The van der Waals surface area contributed by atoms with Crippen molar-refractivity contribution in [3.05, 3.63) is 77.5 Å². The van der Waals surface area contributed by atoms with Crippen LogP contribution in [-0.4, -0.2) is 44.4 Å². The fourth-order valence-corrected chi connectivity index (χ4v) is 3.94. The number of benzene rings is 1. The summed E-state index contributed by atoms with van der Waals surface area (Å²) in [7, 11) is 0. The zero-order valence-corrected chi connectivity index (χ0v) is 18.1. The molecule has 0 unspecified atom stereocenters. The van der Waals surface area contributed by atoms with Gasteiger partial charge < -0.3 is 20.3 Å². The number of rotatable bonds is 5. The van der Waals surface area contributed by atoms with Crippen LogP contribution < -0.4 is 5.32 Å². The third-order valence-corrected chi connectivity index (χ3v) is 5.70. The molecule has 34 heavy (non-hydrogen) atoms. The van der Waals surface area contributed by atoms with Crippen molar-refractivity contribution < 1.29 is 32.9 Å². The number of carbonyl (C=O) groups excluding carboxylic acids is 1. The van der Waals surface area contributed by atoms with Gasteiger partial charge >= 0.3 is 0 Å². The van der Waals surface area contributed by atoms with Crippen LogP contribution in [0.15, 0.2) is 48.8 Å². The standard InChI is InChI=1S/C24H22F3N3O4/c1-2-19-23(32)18(31)10-20(34-19)12-8-9-28-11-17(12)30-24(33)16-7-6-15(27)22(29-16)21-13(25)4-3-5-14(21)26/h3-9,11,18-20,23,31-32H,2,10H2,1H3,(H,30,33)/t18-,19-,20-,23+/m1/s1. The predicted octanol–water partition coefficient (Wildman–Crippen LogP) is 3.78. The highest BCUT2D eigenvalue weighted by Crippen LogP contribution is 2.36. The lowest BCUT2D eigenvalue weighted by Crippen LogP contribution is -2.45. The second-order valence-corrected chi connectivity index (χ2v) is 7.91. The topological polar surface area (TPSA) is 105 Å². The SMILES string of the molecule is CC[C@H]1O[C@@H](c2ccncc2NC(=O)c2ccc(F)c(-c3c(F)cccc3F)n2)C[C@@H](O)[C@@H]1O. The number of carbonyl (C=O) groups is 1. The van der Waals surface area contributed by atoms with Crippen LogP contribution in [0, 0.1) is 17.5 Å². The van der Waals surface area contributed by atoms with E-state index in [1.54, 1.807) is 6.07 Å². The molecule has 0 aliphatic carbocycles. The first-order valence-corrected chi connectivity index (χ1v) is 10.7. The Balaban J connectivity index is 1.63. The molecule has 7 nitrogen and oxygen atoms in total. The summed E-state index contributed by atoms with van der Waals surface area (Å²) >= 11 is 0. The summed E-state index contributed by atoms with van der Waals surface area (Å²) in [5, 5.41) is 22.9. The van der Waals surface area contributed by atoms with Crippen molar-refractivity contribution in [1.29, 1.82) is 0 Å². The van der Waals surface area contributed by atoms with Crippen LogP contribution in [0.1, 0.15) is 41.9 Å². The maximum atomic E-state index is 14.4. The van der Waals surface area contributed by atoms with E-state index in [9.17, 15) is 28.2 Å². The van der Waals surface area contributed by atoms with Gasteiger partial charge in [0.1, 0.15) is 34.9 Å². The Hall–Kier alpha value is -3.34. The first-order chi connectivity index (χ1) is 16.3. The molecule has 0 spiro atoms. The third-order valence-electron chi connectivity index (χ3n) is 5.70. The van der Waals surface area contributed by atoms with Crippen LogP contribution in [0.5, 0.6) is 0 Å². The molecule has 1 amide bonds. The number of nitrogens with zero attached hydrogens (tertiary/aromatic N) is 2. The molecular weight excluding hydrogens is 451 g/mol. The molecule has 1 aromatic carbocycles. The van der Waals surface area contributed by atoms with E-state index in [4.69, 9.17) is 4.74 Å². The highest BCUT2D eigenvalue weighted by molar-refractivity contribution is 6.03. The number of anilines is 1. The van der Waals surface area contributed by atoms with E-state index >= 15 is 0 Å². The predicted molar refractivity (Wildman–Crippen MR) is 116 cm³/mol. The molecule has 1 fully saturated rings. The van der Waals surface area contributed by atoms with Gasteiger partial charge in [-0.25, -0.2) is 18.2 Å². The van der Waals surface area contributed by atoms with Gasteiger partial charge in [0, 0.05) is 18.2 Å². The highest BCUT2D eigenvalue weighted by Gasteiger charge is 2.37. The summed E-state index contributed by atoms with van der Waals surface area (Å²) in [5.41, 5.74) is -0.824. The zero-order chi connectivity index (χ0) is 24.4. The molecule has 3 aromatic rings. The van der Waals surface area contributed by atoms with Crippen molar-refractivity contribution in [3.63, 3.8) is 0 Å². The van der Waals surface area contributed by atoms with Gasteiger partial charge in [-0.05, 0) is 36.8 Å². The largest absolute Gasteiger partial charge is 0.390 e. The summed E-state index contributed by atoms with van der Waals surface area (Å²) < 4.78 is 48.6. The van der Waals surface area contributed by atoms with Crippen LogP contribution in [-0.2, 0) is 4.74 Å². The van der Waals surface area contributed by atoms with Gasteiger partial charge in [0.15, 0.2) is 0 Å². The van der Waals surface area contributed by atoms with E-state index in [0.29, 0.717) is 12.0 Å². The van der Waals surface area contributed by atoms with Crippen LogP contribution in [0.3, 0.4) is 0 Å². The molecule has 3 N–H and O–H groups in total. The normalized spacial score (nSPS) is 22.4. The van der Waals surface area contributed by atoms with Crippen LogP contribution in [0.25, 0.3) is 11.3 Å². The van der Waals surface area contributed by atoms with Crippen LogP contribution in [0.4, 0.5) is 18.9 Å². The minimum Gasteiger partial charge on any atom is -0.390 e. The quantitative estimate of drug-likeness (QED) is 0.521. The number of halogens is 3. The average molecular weight is 473 g/mol. The minimum atomic E-state index is -1.03. The molecule has 2 aromatic heterocycles. The maximum absolute atomic E-state index is 14.4. The molecule has 0 radical (unpaired) electrons. The average Bonchev–Trinajstić information content (AvgIpc) is 2.82. The fraction of sp³-hybridized carbons (Fsp3) is 0.292. The Morgan fingerprint density at radius 1 is 1.12 bits per heavy atom. The van der Waals surface area contributed by atoms with E-state index in [0.717, 1.165) is 30.3 Å². The van der Waals surface area contributed by atoms with E-state index in [2.05, 4.69) is 15.3 Å². The van der Waals surface area contributed by atoms with Gasteiger partial charge in [-0.15, -0.1) is 0 Å². The van der Waals surface area contributed by atoms with E-state index in [1.165, 1.54) is 12.4 Å². The number of aromatic nitrogens is 2. The Kier molecular flexibility index (Phi) is 6.92. The number of hydrogen-bond donors (Lipinski definition) is 3. The van der Waals surface area contributed by atoms with Crippen molar-refractivity contribution in [3.8, 4) is 11.3 Å². The molecule has 1 aliphatic heterocycles. The number of nitrogens with one attached hydrogen (secondary N) is 1. The van der Waals surface area contributed by atoms with Gasteiger partial charge in [-0.1, -0.05) is 13.0 Å². The molecule has 4 rings (SSSR count). The van der Waals surface area contributed by atoms with Crippen molar-refractivity contribution in [2.24, 2.45) is 0 Å². The molecule has 0 bridgehead atoms. The highest BCUT2D eigenvalue weighted by atomic mass is 19.1. The van der Waals surface area contributed by atoms with E-state index < -0.39 is 59.0 Å². The fourth-order valence-electron chi connectivity index (χ4n) is 3.94. The van der Waals surface area contributed by atoms with Crippen molar-refractivity contribution in [2.75, 3.05) is 5.32 Å². The number of amides is 1. The van der Waals surface area contributed by atoms with E-state index in [-0.39, 0.29) is 17.8 Å². The van der Waals surface area contributed by atoms with Crippen molar-refractivity contribution >= 4 is 11.6 Å². The van der Waals surface area contributed by atoms with Gasteiger partial charge in [0.05, 0.1) is 35.8 Å². The van der Waals surface area contributed by atoms with E-state index in [1.807, 2.05) is 6.92 Å². The number of aliphatic hydroxyl groups is 2. The number of pyridine rings is 2. The molecule has 4 atom stereocenters. The first-order valence-electron chi connectivity index (χ1n) is 10.7. The summed E-state index contributed by atoms with van der Waals surface area (Å²) in [6.45, 7) is 1.81. The number of aliphatic hydroxyl groups excluding tert-OH is 2. The summed E-state index contributed by atoms with van der Waals surface area (Å²) in [5.74, 6) is -3.79. The lowest BCUT2D eigenvalue weighted by Gasteiger charge is -2.37. The second kappa shape index (κ2) is 9.88. The number of hydrogen-bond acceptors (Lipinski definition) is 6. The lowest BCUT2D eigenvalue weighted by atomic mass is 9.92. The monoisotopic (exact) mass is 473 g/mol. The molecule has 178 valence electrons. The molecule has 10 heteroatoms. The number of ether oxygens (including phenoxy) is 1. The van der Waals surface area contributed by atoms with Gasteiger partial charge in [-0.3, -0.25) is 9.78 Å². The Bertz CT molecular complexity index is 1190. The molecule has 3 heterocycles. The zero-order valence-electron chi connectivity index (χ0n) is 18.1. The maximum Gasteiger partial charge on any atom is 0.274 e. The lowest BCUT2D eigenvalue weighted by molar-refractivity contribution is -0.170. The third kappa shape index (κ3) is 4.65. The molecule has 0 saturated carbocycles. The molecule has 1 saturated heterocycles. The summed E-state index contributed by atoms with van der Waals surface area (Å²) in [6.07, 6.45) is 0.150. The van der Waals surface area contributed by atoms with Gasteiger partial charge in [-0.2, -0.15) is 0 Å². The Morgan fingerprint density at radius 2 is 1.85 bits per heavy atom. The van der Waals surface area contributed by atoms with Gasteiger partial charge in [0.25, 0.3) is 5.91 Å². The first kappa shape index (κ1) is 23.8. The molecular formula is C24H22F3N3O4. The minimum absolute atomic E-state index is 0.0933. The summed E-state index contributed by atoms with van der Waals surface area (Å²) in [6, 6.07) is 6.67. The van der Waals surface area contributed by atoms with Gasteiger partial charge in [0.2, 0.25) is 0 Å². The summed E-state index contributed by atoms with van der Waals surface area (Å²) in [4.78, 5) is 20.8. The Labute approximate surface area is 193 Å². The van der Waals surface area contributed by atoms with Crippen LogP contribution in [0.2, 0.25) is 0 Å². The second-order valence-electron chi connectivity index (χ2n) is 7.91. The smallest absolute Gasteiger partial charge is 0.274 e. The Morgan fingerprint density at radius 3 is 2.56 bits per heavy atom. The van der Waals surface area contributed by atoms with Crippen molar-refractivity contribution in [1.82, 2.24) is 9.97 Å². The molecule has 1 aliphatic rings. The van der Waals surface area contributed by atoms with Crippen LogP contribution >= 0.6 is 0 Å². The van der Waals surface area contributed by atoms with Crippen molar-refractivity contribution in [2.45, 2.75) is 44.2 Å².